The Hall–Kier alpha value is -7.24. The highest BCUT2D eigenvalue weighted by molar-refractivity contribution is 8.01. The van der Waals surface area contributed by atoms with Gasteiger partial charge in [0.15, 0.2) is 0 Å². The summed E-state index contributed by atoms with van der Waals surface area (Å²) >= 11 is 1.05. The Labute approximate surface area is 547 Å². The number of likely N-dealkylation sites (N-methyl/N-ethyl adjacent to an activating group) is 3. The second-order valence-electron chi connectivity index (χ2n) is 28.5. The van der Waals surface area contributed by atoms with Gasteiger partial charge in [-0.15, -0.1) is 11.8 Å². The number of hydrogen-bond donors (Lipinski definition) is 7. The molecule has 0 bridgehead atoms. The quantitative estimate of drug-likeness (QED) is 0.0525. The van der Waals surface area contributed by atoms with Gasteiger partial charge in [0.2, 0.25) is 41.4 Å². The standard InChI is InChI=1S/C69H101N9O13S/c1-41(76(15)64(88)90-67(6,7)8)58(82)73-56(69(12,13)92-40-55(81)75(14)38-48(80)39-79)62(86)72-53(60(84)70-51-29-21-25-45-23-17-19-27-49(45)51)35-43-31-33-44(34-32-43)47-36-54(61(85)71-52-30-22-26-46-24-18-20-28-50(46)52)78(37-47)63(87)57(66(3,4)5)74-59(83)42(2)77(16)65(89)91-68(9,10)11/h17-20,23-24,27-28,31-34,41-42,47-48,51-54,56-57,79-80H,21-22,25-26,29-30,35-40H2,1-16H3,(H,70,84)(H,71,85)(H,72,86)(H,73,82)(H,74,83)/t41-,42-,47-,48+,51+,52+,53-,54-,56+,57+/m0/s1. The van der Waals surface area contributed by atoms with Gasteiger partial charge in [-0.2, -0.15) is 0 Å². The number of nitrogens with one attached hydrogen (secondary N) is 5. The van der Waals surface area contributed by atoms with E-state index >= 15 is 9.59 Å². The Kier molecular flexibility index (Phi) is 25.0. The number of hydrogen-bond acceptors (Lipinski definition) is 14. The molecule has 506 valence electrons. The second-order valence-corrected chi connectivity index (χ2v) is 30.2. The fourth-order valence-corrected chi connectivity index (χ4v) is 12.7. The Morgan fingerprint density at radius 2 is 1.13 bits per heavy atom. The van der Waals surface area contributed by atoms with Crippen LogP contribution in [0.1, 0.15) is 173 Å². The molecule has 2 aliphatic carbocycles. The molecule has 0 saturated carbocycles. The summed E-state index contributed by atoms with van der Waals surface area (Å²) in [5.74, 6) is -4.38. The van der Waals surface area contributed by atoms with E-state index < -0.39 is 118 Å². The number of thioether (sulfide) groups is 1. The highest BCUT2D eigenvalue weighted by Crippen LogP contribution is 2.37. The smallest absolute Gasteiger partial charge is 0.410 e. The van der Waals surface area contributed by atoms with E-state index in [1.807, 2.05) is 87.5 Å². The maximum atomic E-state index is 15.3. The monoisotopic (exact) mass is 1300 g/mol. The van der Waals surface area contributed by atoms with Crippen molar-refractivity contribution in [1.29, 1.82) is 0 Å². The molecule has 1 aliphatic heterocycles. The van der Waals surface area contributed by atoms with E-state index in [0.29, 0.717) is 18.4 Å². The van der Waals surface area contributed by atoms with E-state index in [9.17, 15) is 43.8 Å². The first-order chi connectivity index (χ1) is 42.9. The fourth-order valence-electron chi connectivity index (χ4n) is 11.7. The zero-order valence-electron chi connectivity index (χ0n) is 56.8. The first-order valence-corrected chi connectivity index (χ1v) is 33.0. The maximum Gasteiger partial charge on any atom is 0.410 e. The number of aliphatic hydroxyl groups excluding tert-OH is 2. The summed E-state index contributed by atoms with van der Waals surface area (Å²) < 4.78 is 9.80. The number of benzene rings is 3. The number of rotatable bonds is 23. The molecular formula is C69H101N9O13S. The van der Waals surface area contributed by atoms with Crippen molar-refractivity contribution in [3.8, 4) is 0 Å². The summed E-state index contributed by atoms with van der Waals surface area (Å²) in [5.41, 5.74) is 3.10. The van der Waals surface area contributed by atoms with Crippen LogP contribution in [0.5, 0.6) is 0 Å². The Bertz CT molecular complexity index is 3120. The van der Waals surface area contributed by atoms with Crippen molar-refractivity contribution < 1.29 is 62.8 Å². The van der Waals surface area contributed by atoms with Gasteiger partial charge < -0.3 is 56.1 Å². The van der Waals surface area contributed by atoms with Gasteiger partial charge >= 0.3 is 12.2 Å². The largest absolute Gasteiger partial charge is 0.444 e. The summed E-state index contributed by atoms with van der Waals surface area (Å²) in [6, 6.07) is 15.7. The molecule has 22 nitrogen and oxygen atoms in total. The minimum atomic E-state index is -1.43. The Morgan fingerprint density at radius 1 is 0.641 bits per heavy atom. The molecule has 1 fully saturated rings. The van der Waals surface area contributed by atoms with Crippen LogP contribution in [0, 0.1) is 5.41 Å². The molecule has 92 heavy (non-hydrogen) atoms. The number of aryl methyl sites for hydroxylation is 2. The van der Waals surface area contributed by atoms with Gasteiger partial charge in [0.05, 0.1) is 30.5 Å². The lowest BCUT2D eigenvalue weighted by atomic mass is 9.85. The predicted molar refractivity (Wildman–Crippen MR) is 353 cm³/mol. The molecule has 0 radical (unpaired) electrons. The summed E-state index contributed by atoms with van der Waals surface area (Å²) in [6.45, 7) is 21.5. The van der Waals surface area contributed by atoms with Crippen LogP contribution in [0.25, 0.3) is 0 Å². The molecule has 0 aromatic heterocycles. The molecule has 9 amide bonds. The lowest BCUT2D eigenvalue weighted by Gasteiger charge is -2.37. The van der Waals surface area contributed by atoms with Gasteiger partial charge in [-0.3, -0.25) is 43.4 Å². The van der Waals surface area contributed by atoms with Crippen LogP contribution >= 0.6 is 11.8 Å². The van der Waals surface area contributed by atoms with Crippen LogP contribution in [0.3, 0.4) is 0 Å². The molecule has 1 saturated heterocycles. The summed E-state index contributed by atoms with van der Waals surface area (Å²) in [6.07, 6.45) is 2.26. The normalized spacial score (nSPS) is 19.4. The van der Waals surface area contributed by atoms with Crippen LogP contribution in [0.15, 0.2) is 72.8 Å². The molecule has 0 unspecified atom stereocenters. The first kappa shape index (κ1) is 73.8. The minimum Gasteiger partial charge on any atom is -0.444 e. The van der Waals surface area contributed by atoms with Crippen LogP contribution in [-0.2, 0) is 62.3 Å². The van der Waals surface area contributed by atoms with Crippen molar-refractivity contribution >= 4 is 65.3 Å². The number of carbonyl (C=O) groups excluding carboxylic acids is 9. The molecule has 6 rings (SSSR count). The van der Waals surface area contributed by atoms with E-state index in [-0.39, 0.29) is 55.6 Å². The van der Waals surface area contributed by atoms with E-state index in [2.05, 4.69) is 32.7 Å². The molecule has 0 spiro atoms. The number of likely N-dealkylation sites (tertiary alicyclic amines) is 1. The third-order valence-electron chi connectivity index (χ3n) is 17.4. The van der Waals surface area contributed by atoms with Gasteiger partial charge in [-0.05, 0) is 153 Å². The summed E-state index contributed by atoms with van der Waals surface area (Å²) in [4.78, 5) is 134. The lowest BCUT2D eigenvalue weighted by molar-refractivity contribution is -0.144. The topological polar surface area (TPSA) is 286 Å². The van der Waals surface area contributed by atoms with E-state index in [1.165, 1.54) is 37.9 Å². The Morgan fingerprint density at radius 3 is 1.62 bits per heavy atom. The molecule has 23 heteroatoms. The van der Waals surface area contributed by atoms with Gasteiger partial charge in [-0.25, -0.2) is 9.59 Å². The van der Waals surface area contributed by atoms with Gasteiger partial charge in [-0.1, -0.05) is 93.6 Å². The molecular weight excluding hydrogens is 1190 g/mol. The highest BCUT2D eigenvalue weighted by atomic mass is 32.2. The highest BCUT2D eigenvalue weighted by Gasteiger charge is 2.47. The van der Waals surface area contributed by atoms with Crippen molar-refractivity contribution in [2.24, 2.45) is 5.41 Å². The van der Waals surface area contributed by atoms with Gasteiger partial charge in [0, 0.05) is 51.3 Å². The molecule has 3 aliphatic rings. The molecule has 1 heterocycles. The van der Waals surface area contributed by atoms with Crippen molar-refractivity contribution in [2.75, 3.05) is 46.6 Å². The van der Waals surface area contributed by atoms with E-state index in [1.54, 1.807) is 67.2 Å². The Balaban J connectivity index is 1.33. The zero-order valence-corrected chi connectivity index (χ0v) is 57.6. The van der Waals surface area contributed by atoms with Crippen LogP contribution in [0.4, 0.5) is 9.59 Å². The first-order valence-electron chi connectivity index (χ1n) is 32.0. The number of nitrogens with zero attached hydrogens (tertiary/aromatic N) is 4. The van der Waals surface area contributed by atoms with E-state index in [4.69, 9.17) is 9.47 Å². The average Bonchev–Trinajstić information content (AvgIpc) is 1.56. The number of aliphatic hydroxyl groups is 2. The van der Waals surface area contributed by atoms with Crippen molar-refractivity contribution in [3.05, 3.63) is 106 Å². The summed E-state index contributed by atoms with van der Waals surface area (Å²) in [5, 5.41) is 34.8. The number of amides is 9. The SMILES string of the molecule is C[C@@H](C(=O)N[C@H](C(=O)N1C[C@@H](c2ccc(C[C@H](NC(=O)[C@@H](NC(=O)[C@H](C)N(C)C(=O)OC(C)(C)C)C(C)(C)SCC(=O)N(C)C[C@@H](O)CO)C(=O)N[C@@H]3CCCc4ccccc43)cc2)C[C@H]1C(=O)N[C@@H]1CCCc2ccccc21)C(C)(C)C)N(C)C(=O)OC(C)(C)C. The molecule has 10 atom stereocenters. The average molecular weight is 1300 g/mol. The van der Waals surface area contributed by atoms with Crippen molar-refractivity contribution in [1.82, 2.24) is 46.2 Å². The summed E-state index contributed by atoms with van der Waals surface area (Å²) in [7, 11) is 4.32. The second kappa shape index (κ2) is 31.1. The molecule has 3 aromatic rings. The van der Waals surface area contributed by atoms with Crippen LogP contribution in [0.2, 0.25) is 0 Å². The van der Waals surface area contributed by atoms with Crippen LogP contribution < -0.4 is 26.6 Å². The van der Waals surface area contributed by atoms with Crippen LogP contribution in [-0.4, -0.2) is 188 Å². The van der Waals surface area contributed by atoms with Crippen molar-refractivity contribution in [3.63, 3.8) is 0 Å². The lowest BCUT2D eigenvalue weighted by Crippen LogP contribution is -2.62. The third kappa shape index (κ3) is 19.9. The van der Waals surface area contributed by atoms with Gasteiger partial charge in [0.25, 0.3) is 0 Å². The zero-order chi connectivity index (χ0) is 68.4. The number of ether oxygens (including phenoxy) is 2. The predicted octanol–water partition coefficient (Wildman–Crippen LogP) is 6.64. The minimum absolute atomic E-state index is 0.0353. The van der Waals surface area contributed by atoms with Crippen molar-refractivity contribution in [2.45, 2.75) is 218 Å². The number of carbonyl (C=O) groups is 9. The van der Waals surface area contributed by atoms with Gasteiger partial charge in [0.1, 0.15) is 47.5 Å². The third-order valence-corrected chi connectivity index (χ3v) is 18.8. The molecule has 7 N–H and O–H groups in total. The maximum absolute atomic E-state index is 15.3. The van der Waals surface area contributed by atoms with E-state index in [0.717, 1.165) is 70.2 Å². The fraction of sp³-hybridized carbons (Fsp3) is 0.609. The molecule has 3 aromatic carbocycles. The number of fused-ring (bicyclic) bond motifs is 2.